The third kappa shape index (κ3) is 4.92. The van der Waals surface area contributed by atoms with E-state index in [4.69, 9.17) is 4.74 Å². The molecular formula is C16H24N4O3. The molecule has 2 atom stereocenters. The smallest absolute Gasteiger partial charge is 0.315 e. The fraction of sp³-hybridized carbons (Fsp3) is 0.562. The van der Waals surface area contributed by atoms with Gasteiger partial charge in [-0.05, 0) is 32.4 Å². The number of likely N-dealkylation sites (tertiary alicyclic amines) is 1. The molecule has 2 N–H and O–H groups in total. The van der Waals surface area contributed by atoms with E-state index in [1.807, 2.05) is 19.9 Å². The van der Waals surface area contributed by atoms with E-state index in [0.29, 0.717) is 25.3 Å². The summed E-state index contributed by atoms with van der Waals surface area (Å²) in [7, 11) is 1.59. The second-order valence-electron chi connectivity index (χ2n) is 5.90. The number of nitrogens with one attached hydrogen (secondary N) is 2. The molecule has 7 nitrogen and oxygen atoms in total. The lowest BCUT2D eigenvalue weighted by atomic mass is 10.2. The Morgan fingerprint density at radius 1 is 1.48 bits per heavy atom. The lowest BCUT2D eigenvalue weighted by Crippen LogP contribution is -2.47. The van der Waals surface area contributed by atoms with Crippen LogP contribution in [0.1, 0.15) is 29.4 Å². The van der Waals surface area contributed by atoms with Crippen molar-refractivity contribution < 1.29 is 14.3 Å². The number of pyridine rings is 1. The number of rotatable bonds is 5. The van der Waals surface area contributed by atoms with E-state index >= 15 is 0 Å². The molecule has 1 aromatic rings. The second-order valence-corrected chi connectivity index (χ2v) is 5.90. The van der Waals surface area contributed by atoms with Gasteiger partial charge in [0, 0.05) is 38.1 Å². The van der Waals surface area contributed by atoms with Gasteiger partial charge in [-0.15, -0.1) is 0 Å². The number of carbonyl (C=O) groups excluding carboxylic acids is 2. The summed E-state index contributed by atoms with van der Waals surface area (Å²) in [6.45, 7) is 5.36. The van der Waals surface area contributed by atoms with E-state index in [-0.39, 0.29) is 24.0 Å². The Labute approximate surface area is 136 Å². The first-order valence-corrected chi connectivity index (χ1v) is 7.77. The first kappa shape index (κ1) is 17.2. The molecule has 1 aliphatic rings. The van der Waals surface area contributed by atoms with Gasteiger partial charge in [0.25, 0.3) is 5.91 Å². The molecule has 3 amide bonds. The third-order valence-corrected chi connectivity index (χ3v) is 3.76. The van der Waals surface area contributed by atoms with Gasteiger partial charge in [-0.1, -0.05) is 0 Å². The first-order valence-electron chi connectivity index (χ1n) is 7.77. The number of aromatic nitrogens is 1. The van der Waals surface area contributed by atoms with Crippen LogP contribution in [0, 0.1) is 6.92 Å². The summed E-state index contributed by atoms with van der Waals surface area (Å²) in [4.78, 5) is 30.2. The van der Waals surface area contributed by atoms with Crippen molar-refractivity contribution in [1.29, 1.82) is 0 Å². The molecule has 0 spiro atoms. The Morgan fingerprint density at radius 3 is 2.91 bits per heavy atom. The number of methoxy groups -OCH3 is 1. The van der Waals surface area contributed by atoms with E-state index in [9.17, 15) is 9.59 Å². The zero-order valence-corrected chi connectivity index (χ0v) is 13.8. The highest BCUT2D eigenvalue weighted by molar-refractivity contribution is 5.94. The van der Waals surface area contributed by atoms with Gasteiger partial charge in [0.15, 0.2) is 0 Å². The fourth-order valence-electron chi connectivity index (χ4n) is 2.58. The van der Waals surface area contributed by atoms with E-state index in [2.05, 4.69) is 15.6 Å². The van der Waals surface area contributed by atoms with Crippen molar-refractivity contribution in [2.45, 2.75) is 32.4 Å². The Kier molecular flexibility index (Phi) is 5.92. The number of hydrogen-bond donors (Lipinski definition) is 2. The van der Waals surface area contributed by atoms with Gasteiger partial charge in [-0.25, -0.2) is 4.79 Å². The summed E-state index contributed by atoms with van der Waals surface area (Å²) in [6.07, 6.45) is 2.34. The minimum absolute atomic E-state index is 0.0351. The van der Waals surface area contributed by atoms with Crippen LogP contribution in [0.2, 0.25) is 0 Å². The summed E-state index contributed by atoms with van der Waals surface area (Å²) >= 11 is 0. The minimum atomic E-state index is -0.231. The highest BCUT2D eigenvalue weighted by Gasteiger charge is 2.28. The van der Waals surface area contributed by atoms with Crippen molar-refractivity contribution in [2.24, 2.45) is 0 Å². The monoisotopic (exact) mass is 320 g/mol. The molecule has 1 saturated heterocycles. The lowest BCUT2D eigenvalue weighted by Gasteiger charge is -2.19. The molecule has 2 rings (SSSR count). The van der Waals surface area contributed by atoms with Crippen LogP contribution in [-0.2, 0) is 4.74 Å². The molecule has 0 aromatic carbocycles. The summed E-state index contributed by atoms with van der Waals surface area (Å²) < 4.78 is 4.98. The lowest BCUT2D eigenvalue weighted by molar-refractivity contribution is 0.0789. The van der Waals surface area contributed by atoms with Crippen molar-refractivity contribution in [3.8, 4) is 0 Å². The van der Waals surface area contributed by atoms with E-state index in [1.165, 1.54) is 0 Å². The molecular weight excluding hydrogens is 296 g/mol. The van der Waals surface area contributed by atoms with Gasteiger partial charge in [0.05, 0.1) is 18.2 Å². The molecule has 0 saturated carbocycles. The summed E-state index contributed by atoms with van der Waals surface area (Å²) in [6, 6.07) is 3.28. The standard InChI is InChI=1S/C16H24N4O3/c1-11-4-5-13(8-17-11)15(21)20-7-6-14(9-20)19-16(22)18-12(2)10-23-3/h4-5,8,12,14H,6-7,9-10H2,1-3H3,(H2,18,19,22)/t12?,14-/m1/s1. The highest BCUT2D eigenvalue weighted by atomic mass is 16.5. The summed E-state index contributed by atoms with van der Waals surface area (Å²) in [5.74, 6) is -0.0463. The zero-order chi connectivity index (χ0) is 16.8. The maximum atomic E-state index is 12.4. The van der Waals surface area contributed by atoms with Gasteiger partial charge in [0.1, 0.15) is 0 Å². The van der Waals surface area contributed by atoms with Crippen LogP contribution in [0.25, 0.3) is 0 Å². The topological polar surface area (TPSA) is 83.6 Å². The van der Waals surface area contributed by atoms with Crippen molar-refractivity contribution in [3.63, 3.8) is 0 Å². The molecule has 23 heavy (non-hydrogen) atoms. The number of urea groups is 1. The van der Waals surface area contributed by atoms with Crippen LogP contribution in [0.15, 0.2) is 18.3 Å². The molecule has 2 heterocycles. The largest absolute Gasteiger partial charge is 0.383 e. The average molecular weight is 320 g/mol. The molecule has 1 aromatic heterocycles. The predicted octanol–water partition coefficient (Wildman–Crippen LogP) is 0.939. The van der Waals surface area contributed by atoms with Crippen LogP contribution in [-0.4, -0.2) is 60.7 Å². The van der Waals surface area contributed by atoms with Gasteiger partial charge >= 0.3 is 6.03 Å². The van der Waals surface area contributed by atoms with Gasteiger partial charge in [0.2, 0.25) is 0 Å². The van der Waals surface area contributed by atoms with E-state index in [1.54, 1.807) is 24.3 Å². The SMILES string of the molecule is COCC(C)NC(=O)N[C@@H]1CCN(C(=O)c2ccc(C)nc2)C1. The quantitative estimate of drug-likeness (QED) is 0.846. The van der Waals surface area contributed by atoms with Crippen LogP contribution < -0.4 is 10.6 Å². The number of ether oxygens (including phenoxy) is 1. The van der Waals surface area contributed by atoms with E-state index < -0.39 is 0 Å². The van der Waals surface area contributed by atoms with Crippen LogP contribution in [0.5, 0.6) is 0 Å². The molecule has 0 radical (unpaired) electrons. The first-order chi connectivity index (χ1) is 11.0. The number of amides is 3. The van der Waals surface area contributed by atoms with Gasteiger partial charge in [-0.2, -0.15) is 0 Å². The maximum absolute atomic E-state index is 12.4. The third-order valence-electron chi connectivity index (χ3n) is 3.76. The number of carbonyl (C=O) groups is 2. The molecule has 1 aliphatic heterocycles. The molecule has 0 bridgehead atoms. The summed E-state index contributed by atoms with van der Waals surface area (Å²) in [5.41, 5.74) is 1.46. The van der Waals surface area contributed by atoms with Crippen LogP contribution in [0.4, 0.5) is 4.79 Å². The van der Waals surface area contributed by atoms with Crippen molar-refractivity contribution in [1.82, 2.24) is 20.5 Å². The molecule has 1 fully saturated rings. The average Bonchev–Trinajstić information content (AvgIpc) is 2.95. The van der Waals surface area contributed by atoms with Crippen LogP contribution >= 0.6 is 0 Å². The highest BCUT2D eigenvalue weighted by Crippen LogP contribution is 2.13. The molecule has 0 aliphatic carbocycles. The number of nitrogens with zero attached hydrogens (tertiary/aromatic N) is 2. The predicted molar refractivity (Wildman–Crippen MR) is 86.3 cm³/mol. The van der Waals surface area contributed by atoms with Gasteiger partial charge < -0.3 is 20.3 Å². The van der Waals surface area contributed by atoms with Crippen molar-refractivity contribution in [3.05, 3.63) is 29.6 Å². The Morgan fingerprint density at radius 2 is 2.26 bits per heavy atom. The summed E-state index contributed by atoms with van der Waals surface area (Å²) in [5, 5.41) is 5.70. The second kappa shape index (κ2) is 7.92. The fourth-order valence-corrected chi connectivity index (χ4v) is 2.58. The van der Waals surface area contributed by atoms with Gasteiger partial charge in [-0.3, -0.25) is 9.78 Å². The Balaban J connectivity index is 1.82. The minimum Gasteiger partial charge on any atom is -0.383 e. The molecule has 7 heteroatoms. The number of aryl methyl sites for hydroxylation is 1. The molecule has 126 valence electrons. The van der Waals surface area contributed by atoms with Crippen molar-refractivity contribution in [2.75, 3.05) is 26.8 Å². The maximum Gasteiger partial charge on any atom is 0.315 e. The van der Waals surface area contributed by atoms with Crippen LogP contribution in [0.3, 0.4) is 0 Å². The molecule has 1 unspecified atom stereocenters. The van der Waals surface area contributed by atoms with Crippen molar-refractivity contribution >= 4 is 11.9 Å². The van der Waals surface area contributed by atoms with E-state index in [0.717, 1.165) is 12.1 Å². The Bertz CT molecular complexity index is 547. The Hall–Kier alpha value is -2.15. The number of hydrogen-bond acceptors (Lipinski definition) is 4. The zero-order valence-electron chi connectivity index (χ0n) is 13.8. The normalized spacial score (nSPS) is 18.6.